The molecule has 2 N–H and O–H groups in total. The van der Waals surface area contributed by atoms with Crippen molar-refractivity contribution >= 4 is 33.3 Å². The van der Waals surface area contributed by atoms with Crippen LogP contribution < -0.4 is 5.73 Å². The molecule has 0 saturated carbocycles. The van der Waals surface area contributed by atoms with Crippen molar-refractivity contribution in [2.75, 3.05) is 5.73 Å². The average Bonchev–Trinajstić information content (AvgIpc) is 2.47. The Morgan fingerprint density at radius 3 is 2.53 bits per heavy atom. The summed E-state index contributed by atoms with van der Waals surface area (Å²) < 4.78 is 0. The zero-order valence-corrected chi connectivity index (χ0v) is 10.7. The normalized spacial score (nSPS) is 13.9. The third kappa shape index (κ3) is 1.48. The van der Waals surface area contributed by atoms with E-state index in [2.05, 4.69) is 48.6 Å². The Labute approximate surface area is 112 Å². The van der Waals surface area contributed by atoms with Crippen LogP contribution in [0.3, 0.4) is 0 Å². The highest BCUT2D eigenvalue weighted by Gasteiger charge is 2.14. The lowest BCUT2D eigenvalue weighted by Gasteiger charge is -2.18. The number of fused-ring (bicyclic) bond motifs is 6. The molecule has 1 heteroatoms. The summed E-state index contributed by atoms with van der Waals surface area (Å²) in [7, 11) is 0. The van der Waals surface area contributed by atoms with Crippen LogP contribution in [0.25, 0.3) is 27.6 Å². The standard InChI is InChI=1S/C18H15N/c19-12-9-10-17-15-7-2-1-5-13(15)14-6-3-4-8-16(14)18(17)11-12/h1-2,4-5,7-11H,3,6,19H2. The first-order valence-electron chi connectivity index (χ1n) is 6.74. The molecule has 0 atom stereocenters. The Kier molecular flexibility index (Phi) is 2.16. The molecule has 0 unspecified atom stereocenters. The van der Waals surface area contributed by atoms with Crippen LogP contribution in [0.5, 0.6) is 0 Å². The van der Waals surface area contributed by atoms with E-state index in [0.29, 0.717) is 0 Å². The summed E-state index contributed by atoms with van der Waals surface area (Å²) in [6, 6.07) is 14.9. The molecule has 0 fully saturated rings. The molecule has 0 heterocycles. The molecular weight excluding hydrogens is 230 g/mol. The lowest BCUT2D eigenvalue weighted by Crippen LogP contribution is -1.98. The van der Waals surface area contributed by atoms with Gasteiger partial charge in [0.05, 0.1) is 0 Å². The van der Waals surface area contributed by atoms with Gasteiger partial charge in [-0.05, 0) is 57.6 Å². The molecule has 3 aromatic carbocycles. The van der Waals surface area contributed by atoms with E-state index in [-0.39, 0.29) is 0 Å². The van der Waals surface area contributed by atoms with Gasteiger partial charge in [0.1, 0.15) is 0 Å². The van der Waals surface area contributed by atoms with Crippen molar-refractivity contribution in [1.82, 2.24) is 0 Å². The van der Waals surface area contributed by atoms with E-state index < -0.39 is 0 Å². The monoisotopic (exact) mass is 245 g/mol. The van der Waals surface area contributed by atoms with E-state index in [9.17, 15) is 0 Å². The molecule has 92 valence electrons. The molecule has 4 rings (SSSR count). The molecule has 0 spiro atoms. The summed E-state index contributed by atoms with van der Waals surface area (Å²) >= 11 is 0. The van der Waals surface area contributed by atoms with E-state index in [1.807, 2.05) is 6.07 Å². The zero-order valence-electron chi connectivity index (χ0n) is 10.7. The molecule has 1 aliphatic rings. The van der Waals surface area contributed by atoms with Gasteiger partial charge in [-0.15, -0.1) is 0 Å². The lowest BCUT2D eigenvalue weighted by molar-refractivity contribution is 1.00. The van der Waals surface area contributed by atoms with Crippen molar-refractivity contribution < 1.29 is 0 Å². The highest BCUT2D eigenvalue weighted by Crippen LogP contribution is 2.37. The number of hydrogen-bond donors (Lipinski definition) is 1. The third-order valence-electron chi connectivity index (χ3n) is 4.05. The van der Waals surface area contributed by atoms with E-state index in [4.69, 9.17) is 5.73 Å². The Morgan fingerprint density at radius 2 is 1.63 bits per heavy atom. The van der Waals surface area contributed by atoms with Crippen LogP contribution in [-0.2, 0) is 6.42 Å². The topological polar surface area (TPSA) is 26.0 Å². The maximum Gasteiger partial charge on any atom is 0.0320 e. The molecule has 0 aromatic heterocycles. The fourth-order valence-corrected chi connectivity index (χ4v) is 3.20. The predicted octanol–water partition coefficient (Wildman–Crippen LogP) is 4.53. The summed E-state index contributed by atoms with van der Waals surface area (Å²) in [5.74, 6) is 0. The van der Waals surface area contributed by atoms with Crippen molar-refractivity contribution in [1.29, 1.82) is 0 Å². The molecule has 0 bridgehead atoms. The number of benzene rings is 3. The van der Waals surface area contributed by atoms with Crippen LogP contribution in [-0.4, -0.2) is 0 Å². The number of hydrogen-bond acceptors (Lipinski definition) is 1. The van der Waals surface area contributed by atoms with Gasteiger partial charge in [0.2, 0.25) is 0 Å². The molecule has 0 radical (unpaired) electrons. The zero-order chi connectivity index (χ0) is 12.8. The predicted molar refractivity (Wildman–Crippen MR) is 83.2 cm³/mol. The SMILES string of the molecule is Nc1ccc2c(c1)c1c(c3ccccc32)CCC=C1. The molecule has 3 aromatic rings. The first-order valence-corrected chi connectivity index (χ1v) is 6.74. The van der Waals surface area contributed by atoms with Gasteiger partial charge in [-0.2, -0.15) is 0 Å². The second-order valence-corrected chi connectivity index (χ2v) is 5.18. The van der Waals surface area contributed by atoms with Gasteiger partial charge < -0.3 is 5.73 Å². The van der Waals surface area contributed by atoms with Gasteiger partial charge in [-0.25, -0.2) is 0 Å². The van der Waals surface area contributed by atoms with Crippen molar-refractivity contribution in [3.05, 3.63) is 59.7 Å². The second kappa shape index (κ2) is 3.86. The van der Waals surface area contributed by atoms with Crippen LogP contribution in [0.15, 0.2) is 48.5 Å². The number of anilines is 1. The van der Waals surface area contributed by atoms with Crippen molar-refractivity contribution in [3.8, 4) is 0 Å². The van der Waals surface area contributed by atoms with Crippen molar-refractivity contribution in [3.63, 3.8) is 0 Å². The van der Waals surface area contributed by atoms with Crippen LogP contribution in [0.2, 0.25) is 0 Å². The van der Waals surface area contributed by atoms with Gasteiger partial charge in [-0.1, -0.05) is 42.5 Å². The van der Waals surface area contributed by atoms with Gasteiger partial charge in [0, 0.05) is 5.69 Å². The first kappa shape index (κ1) is 10.6. The van der Waals surface area contributed by atoms with Crippen LogP contribution >= 0.6 is 0 Å². The van der Waals surface area contributed by atoms with E-state index in [0.717, 1.165) is 18.5 Å². The van der Waals surface area contributed by atoms with E-state index >= 15 is 0 Å². The Balaban J connectivity index is 2.31. The van der Waals surface area contributed by atoms with Gasteiger partial charge in [0.15, 0.2) is 0 Å². The molecule has 0 aliphatic heterocycles. The molecule has 1 aliphatic carbocycles. The summed E-state index contributed by atoms with van der Waals surface area (Å²) in [5, 5.41) is 5.31. The van der Waals surface area contributed by atoms with E-state index in [1.54, 1.807) is 0 Å². The highest BCUT2D eigenvalue weighted by molar-refractivity contribution is 6.13. The number of nitrogens with two attached hydrogens (primary N) is 1. The molecule has 1 nitrogen and oxygen atoms in total. The molecule has 19 heavy (non-hydrogen) atoms. The number of rotatable bonds is 0. The smallest absolute Gasteiger partial charge is 0.0320 e. The first-order chi connectivity index (χ1) is 9.34. The Hall–Kier alpha value is -2.28. The number of nitrogen functional groups attached to an aromatic ring is 1. The summed E-state index contributed by atoms with van der Waals surface area (Å²) in [6.45, 7) is 0. The fourth-order valence-electron chi connectivity index (χ4n) is 3.20. The van der Waals surface area contributed by atoms with Crippen molar-refractivity contribution in [2.45, 2.75) is 12.8 Å². The number of allylic oxidation sites excluding steroid dienone is 1. The van der Waals surface area contributed by atoms with Crippen molar-refractivity contribution in [2.24, 2.45) is 0 Å². The fraction of sp³-hybridized carbons (Fsp3) is 0.111. The highest BCUT2D eigenvalue weighted by atomic mass is 14.5. The van der Waals surface area contributed by atoms with Gasteiger partial charge in [0.25, 0.3) is 0 Å². The summed E-state index contributed by atoms with van der Waals surface area (Å²) in [6.07, 6.45) is 6.77. The minimum atomic E-state index is 0.837. The lowest BCUT2D eigenvalue weighted by atomic mass is 9.87. The summed E-state index contributed by atoms with van der Waals surface area (Å²) in [4.78, 5) is 0. The van der Waals surface area contributed by atoms with Gasteiger partial charge >= 0.3 is 0 Å². The molecule has 0 amide bonds. The van der Waals surface area contributed by atoms with Gasteiger partial charge in [-0.3, -0.25) is 0 Å². The number of aryl methyl sites for hydroxylation is 1. The van der Waals surface area contributed by atoms with Crippen LogP contribution in [0.1, 0.15) is 17.5 Å². The van der Waals surface area contributed by atoms with Crippen LogP contribution in [0, 0.1) is 0 Å². The van der Waals surface area contributed by atoms with E-state index in [1.165, 1.54) is 32.7 Å². The second-order valence-electron chi connectivity index (χ2n) is 5.18. The minimum Gasteiger partial charge on any atom is -0.399 e. The quantitative estimate of drug-likeness (QED) is 0.457. The summed E-state index contributed by atoms with van der Waals surface area (Å²) in [5.41, 5.74) is 9.64. The Bertz CT molecular complexity index is 828. The third-order valence-corrected chi connectivity index (χ3v) is 4.05. The largest absolute Gasteiger partial charge is 0.399 e. The molecule has 0 saturated heterocycles. The maximum atomic E-state index is 5.98. The minimum absolute atomic E-state index is 0.837. The Morgan fingerprint density at radius 1 is 0.842 bits per heavy atom. The van der Waals surface area contributed by atoms with Crippen LogP contribution in [0.4, 0.5) is 5.69 Å². The molecular formula is C18H15N. The maximum absolute atomic E-state index is 5.98. The average molecular weight is 245 g/mol.